The zero-order valence-electron chi connectivity index (χ0n) is 12.6. The summed E-state index contributed by atoms with van der Waals surface area (Å²) in [5.41, 5.74) is 7.38. The number of para-hydroxylation sites is 1. The van der Waals surface area contributed by atoms with Crippen LogP contribution in [0.4, 0.5) is 10.5 Å². The molecular formula is C16H19N5O2. The zero-order valence-corrected chi connectivity index (χ0v) is 12.6. The lowest BCUT2D eigenvalue weighted by Crippen LogP contribution is -2.49. The van der Waals surface area contributed by atoms with Crippen molar-refractivity contribution in [3.8, 4) is 0 Å². The van der Waals surface area contributed by atoms with Crippen molar-refractivity contribution in [2.45, 2.75) is 12.5 Å². The van der Waals surface area contributed by atoms with Gasteiger partial charge < -0.3 is 26.6 Å². The Morgan fingerprint density at radius 3 is 2.78 bits per heavy atom. The molecule has 1 fully saturated rings. The van der Waals surface area contributed by atoms with Crippen molar-refractivity contribution in [2.75, 3.05) is 18.0 Å². The average Bonchev–Trinajstić information content (AvgIpc) is 3.00. The van der Waals surface area contributed by atoms with Crippen molar-refractivity contribution >= 4 is 17.6 Å². The van der Waals surface area contributed by atoms with Gasteiger partial charge in [-0.05, 0) is 18.6 Å². The van der Waals surface area contributed by atoms with E-state index in [1.807, 2.05) is 30.3 Å². The molecule has 5 N–H and O–H groups in total. The number of nitrogens with one attached hydrogen (secondary N) is 3. The minimum atomic E-state index is -0.508. The van der Waals surface area contributed by atoms with Gasteiger partial charge in [-0.25, -0.2) is 4.79 Å². The molecule has 7 heteroatoms. The lowest BCUT2D eigenvalue weighted by atomic mass is 10.2. The molecule has 0 aliphatic carbocycles. The number of carbonyl (C=O) groups is 2. The van der Waals surface area contributed by atoms with Crippen molar-refractivity contribution in [1.29, 1.82) is 0 Å². The van der Waals surface area contributed by atoms with E-state index in [1.165, 1.54) is 0 Å². The summed E-state index contributed by atoms with van der Waals surface area (Å²) < 4.78 is 0. The number of hydrogen-bond donors (Lipinski definition) is 4. The van der Waals surface area contributed by atoms with E-state index >= 15 is 0 Å². The van der Waals surface area contributed by atoms with Gasteiger partial charge in [0.05, 0.1) is 11.4 Å². The van der Waals surface area contributed by atoms with Gasteiger partial charge in [-0.1, -0.05) is 24.8 Å². The van der Waals surface area contributed by atoms with E-state index in [0.29, 0.717) is 0 Å². The number of nitrogens with zero attached hydrogens (tertiary/aromatic N) is 1. The van der Waals surface area contributed by atoms with Crippen LogP contribution in [-0.4, -0.2) is 31.1 Å². The number of urea groups is 1. The maximum atomic E-state index is 12.3. The molecule has 0 unspecified atom stereocenters. The summed E-state index contributed by atoms with van der Waals surface area (Å²) in [5, 5.41) is 7.77. The highest BCUT2D eigenvalue weighted by atomic mass is 16.2. The van der Waals surface area contributed by atoms with Gasteiger partial charge in [0, 0.05) is 24.8 Å². The molecule has 0 radical (unpaired) electrons. The molecule has 0 spiro atoms. The van der Waals surface area contributed by atoms with Gasteiger partial charge in [-0.2, -0.15) is 0 Å². The summed E-state index contributed by atoms with van der Waals surface area (Å²) in [7, 11) is 0. The molecule has 0 bridgehead atoms. The van der Waals surface area contributed by atoms with Gasteiger partial charge in [-0.15, -0.1) is 0 Å². The highest BCUT2D eigenvalue weighted by Crippen LogP contribution is 2.20. The monoisotopic (exact) mass is 313 g/mol. The van der Waals surface area contributed by atoms with E-state index in [9.17, 15) is 9.59 Å². The zero-order chi connectivity index (χ0) is 16.4. The summed E-state index contributed by atoms with van der Waals surface area (Å²) in [5.74, 6) is -0.390. The minimum absolute atomic E-state index is 0.00283. The van der Waals surface area contributed by atoms with E-state index in [-0.39, 0.29) is 23.1 Å². The SMILES string of the molecule is C=C1NC(=O)NC(C(=O)N[C@@H]2CCN(c3ccccc3)C2)=C1N. The number of carbonyl (C=O) groups excluding carboxylic acids is 2. The maximum absolute atomic E-state index is 12.3. The molecule has 2 aliphatic heterocycles. The number of amides is 3. The second-order valence-electron chi connectivity index (χ2n) is 5.59. The van der Waals surface area contributed by atoms with Gasteiger partial charge >= 0.3 is 6.03 Å². The van der Waals surface area contributed by atoms with Crippen LogP contribution in [0.2, 0.25) is 0 Å². The summed E-state index contributed by atoms with van der Waals surface area (Å²) in [6.45, 7) is 5.20. The highest BCUT2D eigenvalue weighted by molar-refractivity contribution is 6.00. The van der Waals surface area contributed by atoms with E-state index in [1.54, 1.807) is 0 Å². The summed E-state index contributed by atoms with van der Waals surface area (Å²) in [4.78, 5) is 26.0. The lowest BCUT2D eigenvalue weighted by Gasteiger charge is -2.23. The smallest absolute Gasteiger partial charge is 0.323 e. The number of rotatable bonds is 3. The molecule has 3 amide bonds. The molecule has 3 rings (SSSR count). The molecule has 1 aromatic rings. The van der Waals surface area contributed by atoms with E-state index in [4.69, 9.17) is 5.73 Å². The van der Waals surface area contributed by atoms with Crippen molar-refractivity contribution < 1.29 is 9.59 Å². The van der Waals surface area contributed by atoms with Gasteiger partial charge in [0.15, 0.2) is 0 Å². The number of benzene rings is 1. The summed E-state index contributed by atoms with van der Waals surface area (Å²) in [6, 6.07) is 9.53. The standard InChI is InChI=1S/C16H19N5O2/c1-10-13(17)14(20-16(23)18-10)15(22)19-11-7-8-21(9-11)12-5-3-2-4-6-12/h2-6,11H,1,7-9,17H2,(H,19,22)(H2,18,20,23)/t11-/m1/s1. The quantitative estimate of drug-likeness (QED) is 0.648. The Hall–Kier alpha value is -2.96. The first-order valence-electron chi connectivity index (χ1n) is 7.42. The first-order valence-corrected chi connectivity index (χ1v) is 7.42. The molecule has 0 aromatic heterocycles. The van der Waals surface area contributed by atoms with E-state index < -0.39 is 11.9 Å². The second kappa shape index (κ2) is 6.04. The normalized spacial score (nSPS) is 21.0. The molecule has 0 saturated carbocycles. The minimum Gasteiger partial charge on any atom is -0.395 e. The van der Waals surface area contributed by atoms with Crippen molar-refractivity contribution in [1.82, 2.24) is 16.0 Å². The first-order chi connectivity index (χ1) is 11.0. The lowest BCUT2D eigenvalue weighted by molar-refractivity contribution is -0.118. The van der Waals surface area contributed by atoms with Crippen LogP contribution in [0.25, 0.3) is 0 Å². The highest BCUT2D eigenvalue weighted by Gasteiger charge is 2.28. The molecular weight excluding hydrogens is 294 g/mol. The van der Waals surface area contributed by atoms with Crippen LogP contribution < -0.4 is 26.6 Å². The first kappa shape index (κ1) is 15.0. The molecule has 1 atom stereocenters. The molecule has 120 valence electrons. The third kappa shape index (κ3) is 3.13. The molecule has 1 saturated heterocycles. The number of hydrogen-bond acceptors (Lipinski definition) is 4. The van der Waals surface area contributed by atoms with Crippen molar-refractivity contribution in [2.24, 2.45) is 5.73 Å². The van der Waals surface area contributed by atoms with Gasteiger partial charge in [0.1, 0.15) is 5.70 Å². The Morgan fingerprint density at radius 2 is 2.04 bits per heavy atom. The Labute approximate surface area is 134 Å². The predicted octanol–water partition coefficient (Wildman–Crippen LogP) is 0.378. The second-order valence-corrected chi connectivity index (χ2v) is 5.59. The predicted molar refractivity (Wildman–Crippen MR) is 87.2 cm³/mol. The third-order valence-corrected chi connectivity index (χ3v) is 3.97. The molecule has 23 heavy (non-hydrogen) atoms. The molecule has 7 nitrogen and oxygen atoms in total. The largest absolute Gasteiger partial charge is 0.395 e. The maximum Gasteiger partial charge on any atom is 0.323 e. The van der Waals surface area contributed by atoms with Crippen molar-refractivity contribution in [3.05, 3.63) is 54.0 Å². The van der Waals surface area contributed by atoms with Crippen LogP contribution in [0.15, 0.2) is 54.0 Å². The average molecular weight is 313 g/mol. The fraction of sp³-hybridized carbons (Fsp3) is 0.250. The van der Waals surface area contributed by atoms with Crippen LogP contribution in [0.3, 0.4) is 0 Å². The van der Waals surface area contributed by atoms with Crippen LogP contribution in [0.1, 0.15) is 6.42 Å². The summed E-state index contributed by atoms with van der Waals surface area (Å²) in [6.07, 6.45) is 0.834. The van der Waals surface area contributed by atoms with Gasteiger partial charge in [-0.3, -0.25) is 4.79 Å². The third-order valence-electron chi connectivity index (χ3n) is 3.97. The van der Waals surface area contributed by atoms with Crippen LogP contribution in [0.5, 0.6) is 0 Å². The Morgan fingerprint density at radius 1 is 1.30 bits per heavy atom. The topological polar surface area (TPSA) is 99.5 Å². The molecule has 2 aliphatic rings. The van der Waals surface area contributed by atoms with E-state index in [0.717, 1.165) is 25.2 Å². The van der Waals surface area contributed by atoms with Crippen molar-refractivity contribution in [3.63, 3.8) is 0 Å². The van der Waals surface area contributed by atoms with Gasteiger partial charge in [0.25, 0.3) is 5.91 Å². The van der Waals surface area contributed by atoms with E-state index in [2.05, 4.69) is 27.4 Å². The Bertz CT molecular complexity index is 683. The number of nitrogens with two attached hydrogens (primary N) is 1. The fourth-order valence-electron chi connectivity index (χ4n) is 2.76. The Balaban J connectivity index is 1.64. The Kier molecular flexibility index (Phi) is 3.92. The molecule has 1 aromatic carbocycles. The van der Waals surface area contributed by atoms with Gasteiger partial charge in [0.2, 0.25) is 0 Å². The summed E-state index contributed by atoms with van der Waals surface area (Å²) >= 11 is 0. The molecule has 2 heterocycles. The van der Waals surface area contributed by atoms with Crippen LogP contribution in [-0.2, 0) is 4.79 Å². The fourth-order valence-corrected chi connectivity index (χ4v) is 2.76. The van der Waals surface area contributed by atoms with Crippen LogP contribution in [0, 0.1) is 0 Å². The van der Waals surface area contributed by atoms with Crippen LogP contribution >= 0.6 is 0 Å². The number of anilines is 1.